The predicted molar refractivity (Wildman–Crippen MR) is 89.6 cm³/mol. The average Bonchev–Trinajstić information content (AvgIpc) is 2.37. The first-order valence-electron chi connectivity index (χ1n) is 8.77. The molecule has 0 aliphatic rings. The first-order valence-corrected chi connectivity index (χ1v) is 8.77. The third-order valence-electron chi connectivity index (χ3n) is 4.08. The van der Waals surface area contributed by atoms with Crippen molar-refractivity contribution in [2.75, 3.05) is 0 Å². The zero-order valence-electron chi connectivity index (χ0n) is 13.9. The molecule has 0 aliphatic heterocycles. The van der Waals surface area contributed by atoms with Crippen LogP contribution in [0, 0.1) is 11.8 Å². The summed E-state index contributed by atoms with van der Waals surface area (Å²) in [4.78, 5) is 0. The van der Waals surface area contributed by atoms with Gasteiger partial charge in [-0.3, -0.25) is 0 Å². The number of hydrogen-bond donors (Lipinski definition) is 0. The van der Waals surface area contributed by atoms with Gasteiger partial charge in [-0.25, -0.2) is 0 Å². The van der Waals surface area contributed by atoms with E-state index in [1.54, 1.807) is 0 Å². The maximum absolute atomic E-state index is 3.77. The van der Waals surface area contributed by atoms with E-state index in [2.05, 4.69) is 27.4 Å². The molecule has 0 N–H and O–H groups in total. The molecular formula is C19H38. The van der Waals surface area contributed by atoms with Gasteiger partial charge in [-0.1, -0.05) is 91.1 Å². The molecule has 0 bridgehead atoms. The highest BCUT2D eigenvalue weighted by Gasteiger charge is 2.02. The van der Waals surface area contributed by atoms with Gasteiger partial charge in [0.2, 0.25) is 0 Å². The van der Waals surface area contributed by atoms with Crippen LogP contribution < -0.4 is 0 Å². The molecule has 0 spiro atoms. The van der Waals surface area contributed by atoms with Crippen molar-refractivity contribution in [3.63, 3.8) is 0 Å². The highest BCUT2D eigenvalue weighted by Crippen LogP contribution is 2.18. The Morgan fingerprint density at radius 3 is 1.63 bits per heavy atom. The lowest BCUT2D eigenvalue weighted by molar-refractivity contribution is 0.429. The first kappa shape index (κ1) is 18.7. The molecule has 0 saturated heterocycles. The van der Waals surface area contributed by atoms with Crippen LogP contribution in [-0.2, 0) is 0 Å². The minimum Gasteiger partial charge on any atom is -0.103 e. The van der Waals surface area contributed by atoms with E-state index in [9.17, 15) is 0 Å². The monoisotopic (exact) mass is 266 g/mol. The van der Waals surface area contributed by atoms with E-state index in [-0.39, 0.29) is 0 Å². The van der Waals surface area contributed by atoms with Crippen LogP contribution in [0.1, 0.15) is 97.8 Å². The molecule has 0 amide bonds. The van der Waals surface area contributed by atoms with E-state index >= 15 is 0 Å². The molecule has 1 unspecified atom stereocenters. The number of unbranched alkanes of at least 4 members (excludes halogenated alkanes) is 7. The van der Waals surface area contributed by atoms with Gasteiger partial charge in [-0.05, 0) is 24.7 Å². The summed E-state index contributed by atoms with van der Waals surface area (Å²) in [6, 6.07) is 0. The van der Waals surface area contributed by atoms with E-state index < -0.39 is 0 Å². The van der Waals surface area contributed by atoms with Crippen molar-refractivity contribution in [3.8, 4) is 0 Å². The lowest BCUT2D eigenvalue weighted by Crippen LogP contribution is -1.95. The summed E-state index contributed by atoms with van der Waals surface area (Å²) in [7, 11) is 0. The maximum atomic E-state index is 3.77. The average molecular weight is 267 g/mol. The molecule has 19 heavy (non-hydrogen) atoms. The fourth-order valence-corrected chi connectivity index (χ4v) is 2.68. The van der Waals surface area contributed by atoms with Gasteiger partial charge >= 0.3 is 0 Å². The molecule has 0 heteroatoms. The molecule has 0 rings (SSSR count). The van der Waals surface area contributed by atoms with Gasteiger partial charge in [0.1, 0.15) is 0 Å². The van der Waals surface area contributed by atoms with Crippen LogP contribution in [0.4, 0.5) is 0 Å². The third-order valence-corrected chi connectivity index (χ3v) is 4.08. The minimum absolute atomic E-state index is 0.889. The van der Waals surface area contributed by atoms with E-state index in [4.69, 9.17) is 0 Å². The Balaban J connectivity index is 3.16. The highest BCUT2D eigenvalue weighted by molar-refractivity contribution is 4.65. The molecule has 0 heterocycles. The van der Waals surface area contributed by atoms with Crippen LogP contribution in [0.2, 0.25) is 0 Å². The molecule has 0 aliphatic carbocycles. The summed E-state index contributed by atoms with van der Waals surface area (Å²) in [6.45, 7) is 10.9. The zero-order chi connectivity index (χ0) is 14.3. The number of allylic oxidation sites excluding steroid dienone is 1. The number of hydrogen-bond acceptors (Lipinski definition) is 0. The van der Waals surface area contributed by atoms with Crippen molar-refractivity contribution < 1.29 is 0 Å². The summed E-state index contributed by atoms with van der Waals surface area (Å²) >= 11 is 0. The van der Waals surface area contributed by atoms with Crippen LogP contribution in [-0.4, -0.2) is 0 Å². The molecule has 0 nitrogen and oxygen atoms in total. The third kappa shape index (κ3) is 15.7. The van der Waals surface area contributed by atoms with Crippen molar-refractivity contribution in [1.29, 1.82) is 0 Å². The Bertz CT molecular complexity index is 180. The van der Waals surface area contributed by atoms with Gasteiger partial charge in [0, 0.05) is 0 Å². The van der Waals surface area contributed by atoms with Crippen molar-refractivity contribution in [1.82, 2.24) is 0 Å². The van der Waals surface area contributed by atoms with Crippen molar-refractivity contribution in [3.05, 3.63) is 12.7 Å². The van der Waals surface area contributed by atoms with Gasteiger partial charge in [0.25, 0.3) is 0 Å². The molecule has 0 aromatic rings. The Labute approximate surface area is 123 Å². The second kappa shape index (κ2) is 14.2. The summed E-state index contributed by atoms with van der Waals surface area (Å²) < 4.78 is 0. The molecule has 0 saturated carbocycles. The second-order valence-electron chi connectivity index (χ2n) is 6.77. The minimum atomic E-state index is 0.889. The largest absolute Gasteiger partial charge is 0.103 e. The van der Waals surface area contributed by atoms with Crippen LogP contribution >= 0.6 is 0 Å². The lowest BCUT2D eigenvalue weighted by Gasteiger charge is -2.11. The Hall–Kier alpha value is -0.260. The van der Waals surface area contributed by atoms with Crippen LogP contribution in [0.3, 0.4) is 0 Å². The molecule has 0 radical (unpaired) electrons. The standard InChI is InChI=1S/C19H38/c1-5-6-7-8-9-13-16-19(4)17-14-11-10-12-15-18(2)3/h5,18-19H,1,6-17H2,2-4H3. The normalized spacial score (nSPS) is 12.8. The fourth-order valence-electron chi connectivity index (χ4n) is 2.68. The maximum Gasteiger partial charge on any atom is -0.0353 e. The van der Waals surface area contributed by atoms with Gasteiger partial charge in [0.15, 0.2) is 0 Å². The van der Waals surface area contributed by atoms with Crippen molar-refractivity contribution in [2.45, 2.75) is 97.8 Å². The van der Waals surface area contributed by atoms with Gasteiger partial charge < -0.3 is 0 Å². The smallest absolute Gasteiger partial charge is 0.0353 e. The van der Waals surface area contributed by atoms with E-state index in [1.807, 2.05) is 6.08 Å². The van der Waals surface area contributed by atoms with Gasteiger partial charge in [-0.2, -0.15) is 0 Å². The van der Waals surface area contributed by atoms with E-state index in [1.165, 1.54) is 77.0 Å². The Kier molecular flexibility index (Phi) is 14.0. The molecule has 1 atom stereocenters. The zero-order valence-corrected chi connectivity index (χ0v) is 13.9. The summed E-state index contributed by atoms with van der Waals surface area (Å²) in [5.74, 6) is 1.84. The molecular weight excluding hydrogens is 228 g/mol. The quantitative estimate of drug-likeness (QED) is 0.231. The Morgan fingerprint density at radius 1 is 0.684 bits per heavy atom. The molecule has 0 aromatic carbocycles. The Morgan fingerprint density at radius 2 is 1.16 bits per heavy atom. The molecule has 114 valence electrons. The summed E-state index contributed by atoms with van der Waals surface area (Å²) in [5, 5.41) is 0. The van der Waals surface area contributed by atoms with Crippen LogP contribution in [0.25, 0.3) is 0 Å². The second-order valence-corrected chi connectivity index (χ2v) is 6.77. The van der Waals surface area contributed by atoms with Crippen LogP contribution in [0.15, 0.2) is 12.7 Å². The van der Waals surface area contributed by atoms with Gasteiger partial charge in [-0.15, -0.1) is 6.58 Å². The lowest BCUT2D eigenvalue weighted by atomic mass is 9.95. The molecule has 0 aromatic heterocycles. The summed E-state index contributed by atoms with van der Waals surface area (Å²) in [5.41, 5.74) is 0. The van der Waals surface area contributed by atoms with Gasteiger partial charge in [0.05, 0.1) is 0 Å². The van der Waals surface area contributed by atoms with Crippen molar-refractivity contribution >= 4 is 0 Å². The highest BCUT2D eigenvalue weighted by atomic mass is 14.1. The molecule has 0 fully saturated rings. The summed E-state index contributed by atoms with van der Waals surface area (Å²) in [6.07, 6.45) is 19.0. The first-order chi connectivity index (χ1) is 9.16. The topological polar surface area (TPSA) is 0 Å². The SMILES string of the molecule is C=CCCCCCCC(C)CCCCCCC(C)C. The van der Waals surface area contributed by atoms with E-state index in [0.29, 0.717) is 0 Å². The predicted octanol–water partition coefficient (Wildman–Crippen LogP) is 7.15. The fraction of sp³-hybridized carbons (Fsp3) is 0.895. The van der Waals surface area contributed by atoms with E-state index in [0.717, 1.165) is 11.8 Å². The van der Waals surface area contributed by atoms with Crippen LogP contribution in [0.5, 0.6) is 0 Å². The number of rotatable bonds is 14. The van der Waals surface area contributed by atoms with Crippen molar-refractivity contribution in [2.24, 2.45) is 11.8 Å².